The second kappa shape index (κ2) is 41.0. The van der Waals surface area contributed by atoms with Crippen molar-refractivity contribution < 1.29 is 42.9 Å². The van der Waals surface area contributed by atoms with Crippen LogP contribution in [0, 0.1) is 0 Å². The largest absolute Gasteiger partial charge is 0.477 e. The molecule has 0 fully saturated rings. The van der Waals surface area contributed by atoms with Crippen molar-refractivity contribution in [1.29, 1.82) is 0 Å². The van der Waals surface area contributed by atoms with Gasteiger partial charge in [-0.25, -0.2) is 4.79 Å². The molecule has 0 rings (SSSR count). The van der Waals surface area contributed by atoms with Crippen LogP contribution >= 0.6 is 0 Å². The lowest BCUT2D eigenvalue weighted by molar-refractivity contribution is -0.870. The standard InChI is InChI=1S/C48H93NO8/c1-6-8-10-12-14-16-18-20-22-23-25-27-29-31-33-35-37-39-46(51)57-44(43-56-48(47(52)53)54-41-40-49(3,4)5)42-55-45(50)38-36-34-32-30-28-26-24-21-19-17-15-13-11-9-7-2/h44,48H,6-43H2,1-5H3/p+1. The molecule has 0 amide bonds. The SMILES string of the molecule is CCCCCCCCCCCCCCCCCCCC(=O)OC(COC(=O)CCCCCCCCCCCCCCCCC)COC(OCC[N+](C)(C)C)C(=O)O. The van der Waals surface area contributed by atoms with E-state index in [1.807, 2.05) is 21.1 Å². The molecule has 9 nitrogen and oxygen atoms in total. The van der Waals surface area contributed by atoms with Crippen LogP contribution in [0.25, 0.3) is 0 Å². The van der Waals surface area contributed by atoms with Crippen LogP contribution in [-0.4, -0.2) is 87.4 Å². The zero-order valence-corrected chi connectivity index (χ0v) is 38.3. The number of aliphatic carboxylic acids is 1. The molecule has 1 N–H and O–H groups in total. The van der Waals surface area contributed by atoms with Crippen molar-refractivity contribution in [3.05, 3.63) is 0 Å². The van der Waals surface area contributed by atoms with E-state index in [1.165, 1.54) is 167 Å². The minimum Gasteiger partial charge on any atom is -0.477 e. The average molecular weight is 813 g/mol. The Morgan fingerprint density at radius 3 is 1.12 bits per heavy atom. The number of hydrogen-bond acceptors (Lipinski definition) is 7. The normalized spacial score (nSPS) is 12.8. The molecule has 0 aliphatic rings. The minimum absolute atomic E-state index is 0.173. The third-order valence-corrected chi connectivity index (χ3v) is 10.9. The molecule has 0 aliphatic heterocycles. The average Bonchev–Trinajstić information content (AvgIpc) is 3.17. The van der Waals surface area contributed by atoms with Crippen LogP contribution in [0.5, 0.6) is 0 Å². The maximum absolute atomic E-state index is 12.8. The Morgan fingerprint density at radius 1 is 0.456 bits per heavy atom. The van der Waals surface area contributed by atoms with Gasteiger partial charge in [0.2, 0.25) is 0 Å². The number of carbonyl (C=O) groups excluding carboxylic acids is 2. The van der Waals surface area contributed by atoms with Crippen LogP contribution in [0.1, 0.15) is 232 Å². The van der Waals surface area contributed by atoms with Gasteiger partial charge in [0.15, 0.2) is 6.10 Å². The van der Waals surface area contributed by atoms with Gasteiger partial charge in [-0.2, -0.15) is 0 Å². The predicted octanol–water partition coefficient (Wildman–Crippen LogP) is 12.9. The summed E-state index contributed by atoms with van der Waals surface area (Å²) in [5.41, 5.74) is 0. The number of esters is 2. The third kappa shape index (κ3) is 42.2. The highest BCUT2D eigenvalue weighted by Gasteiger charge is 2.25. The van der Waals surface area contributed by atoms with E-state index in [-0.39, 0.29) is 38.2 Å². The minimum atomic E-state index is -1.50. The Kier molecular flexibility index (Phi) is 39.8. The number of unbranched alkanes of at least 4 members (excludes halogenated alkanes) is 30. The first-order valence-electron chi connectivity index (χ1n) is 24.2. The highest BCUT2D eigenvalue weighted by atomic mass is 16.7. The number of carbonyl (C=O) groups is 3. The van der Waals surface area contributed by atoms with Crippen molar-refractivity contribution in [2.75, 3.05) is 47.5 Å². The molecule has 0 aromatic rings. The van der Waals surface area contributed by atoms with Gasteiger partial charge in [-0.05, 0) is 12.8 Å². The number of carboxylic acids is 1. The number of carboxylic acid groups (broad SMARTS) is 1. The molecular formula is C48H94NO8+. The Hall–Kier alpha value is -1.71. The third-order valence-electron chi connectivity index (χ3n) is 10.9. The van der Waals surface area contributed by atoms with Crippen molar-refractivity contribution in [2.24, 2.45) is 0 Å². The molecule has 57 heavy (non-hydrogen) atoms. The van der Waals surface area contributed by atoms with E-state index in [4.69, 9.17) is 18.9 Å². The van der Waals surface area contributed by atoms with Gasteiger partial charge in [0.05, 0.1) is 34.4 Å². The maximum atomic E-state index is 12.8. The lowest BCUT2D eigenvalue weighted by atomic mass is 10.0. The van der Waals surface area contributed by atoms with Gasteiger partial charge in [0.25, 0.3) is 6.29 Å². The Bertz CT molecular complexity index is 907. The van der Waals surface area contributed by atoms with E-state index < -0.39 is 18.4 Å². The van der Waals surface area contributed by atoms with Gasteiger partial charge in [0.1, 0.15) is 13.2 Å². The molecule has 0 saturated heterocycles. The molecule has 0 radical (unpaired) electrons. The summed E-state index contributed by atoms with van der Waals surface area (Å²) < 4.78 is 22.8. The fourth-order valence-electron chi connectivity index (χ4n) is 7.07. The fourth-order valence-corrected chi connectivity index (χ4v) is 7.07. The van der Waals surface area contributed by atoms with E-state index in [0.29, 0.717) is 17.4 Å². The molecule has 0 aromatic heterocycles. The van der Waals surface area contributed by atoms with Gasteiger partial charge >= 0.3 is 17.9 Å². The summed E-state index contributed by atoms with van der Waals surface area (Å²) >= 11 is 0. The summed E-state index contributed by atoms with van der Waals surface area (Å²) in [6.07, 6.45) is 38.7. The van der Waals surface area contributed by atoms with Crippen molar-refractivity contribution in [3.63, 3.8) is 0 Å². The van der Waals surface area contributed by atoms with Crippen LogP contribution in [0.2, 0.25) is 0 Å². The maximum Gasteiger partial charge on any atom is 0.361 e. The fraction of sp³-hybridized carbons (Fsp3) is 0.938. The zero-order valence-electron chi connectivity index (χ0n) is 38.3. The first-order valence-corrected chi connectivity index (χ1v) is 24.2. The summed E-state index contributed by atoms with van der Waals surface area (Å²) in [4.78, 5) is 37.2. The van der Waals surface area contributed by atoms with E-state index >= 15 is 0 Å². The molecule has 338 valence electrons. The first kappa shape index (κ1) is 55.3. The summed E-state index contributed by atoms with van der Waals surface area (Å²) in [6, 6.07) is 0. The van der Waals surface area contributed by atoms with E-state index in [9.17, 15) is 19.5 Å². The number of hydrogen-bond donors (Lipinski definition) is 1. The van der Waals surface area contributed by atoms with Crippen LogP contribution < -0.4 is 0 Å². The molecule has 9 heteroatoms. The number of ether oxygens (including phenoxy) is 4. The van der Waals surface area contributed by atoms with E-state index in [0.717, 1.165) is 38.5 Å². The monoisotopic (exact) mass is 813 g/mol. The van der Waals surface area contributed by atoms with Crippen molar-refractivity contribution in [3.8, 4) is 0 Å². The molecular weight excluding hydrogens is 719 g/mol. The van der Waals surface area contributed by atoms with Crippen LogP contribution in [-0.2, 0) is 33.3 Å². The smallest absolute Gasteiger partial charge is 0.361 e. The van der Waals surface area contributed by atoms with Crippen LogP contribution in [0.3, 0.4) is 0 Å². The lowest BCUT2D eigenvalue weighted by Crippen LogP contribution is -2.40. The lowest BCUT2D eigenvalue weighted by Gasteiger charge is -2.25. The van der Waals surface area contributed by atoms with Gasteiger partial charge < -0.3 is 28.5 Å². The molecule has 0 heterocycles. The number of nitrogens with zero attached hydrogens (tertiary/aromatic N) is 1. The van der Waals surface area contributed by atoms with E-state index in [1.54, 1.807) is 0 Å². The Balaban J connectivity index is 4.34. The summed E-state index contributed by atoms with van der Waals surface area (Å²) in [7, 11) is 5.97. The number of rotatable bonds is 45. The van der Waals surface area contributed by atoms with Gasteiger partial charge in [0, 0.05) is 12.8 Å². The molecule has 0 saturated carbocycles. The quantitative estimate of drug-likeness (QED) is 0.0280. The molecule has 2 unspecified atom stereocenters. The highest BCUT2D eigenvalue weighted by molar-refractivity contribution is 5.71. The first-order chi connectivity index (χ1) is 27.6. The molecule has 0 bridgehead atoms. The highest BCUT2D eigenvalue weighted by Crippen LogP contribution is 2.16. The summed E-state index contributed by atoms with van der Waals surface area (Å²) in [6.45, 7) is 4.92. The van der Waals surface area contributed by atoms with Gasteiger partial charge in [-0.15, -0.1) is 0 Å². The molecule has 0 aliphatic carbocycles. The predicted molar refractivity (Wildman–Crippen MR) is 235 cm³/mol. The summed E-state index contributed by atoms with van der Waals surface area (Å²) in [5, 5.41) is 9.65. The topological polar surface area (TPSA) is 108 Å². The molecule has 0 aromatic carbocycles. The molecule has 2 atom stereocenters. The summed E-state index contributed by atoms with van der Waals surface area (Å²) in [5.74, 6) is -1.98. The van der Waals surface area contributed by atoms with Crippen molar-refractivity contribution in [1.82, 2.24) is 0 Å². The molecule has 0 spiro atoms. The van der Waals surface area contributed by atoms with Crippen molar-refractivity contribution >= 4 is 17.9 Å². The van der Waals surface area contributed by atoms with Crippen LogP contribution in [0.15, 0.2) is 0 Å². The number of likely N-dealkylation sites (N-methyl/N-ethyl adjacent to an activating group) is 1. The second-order valence-electron chi connectivity index (χ2n) is 17.8. The Morgan fingerprint density at radius 2 is 0.789 bits per heavy atom. The number of quaternary nitrogens is 1. The van der Waals surface area contributed by atoms with Crippen LogP contribution in [0.4, 0.5) is 0 Å². The van der Waals surface area contributed by atoms with Crippen molar-refractivity contribution in [2.45, 2.75) is 245 Å². The Labute approximate surface area is 352 Å². The second-order valence-corrected chi connectivity index (χ2v) is 17.8. The van der Waals surface area contributed by atoms with E-state index in [2.05, 4.69) is 13.8 Å². The zero-order chi connectivity index (χ0) is 42.1. The van der Waals surface area contributed by atoms with Gasteiger partial charge in [-0.1, -0.05) is 206 Å². The van der Waals surface area contributed by atoms with Gasteiger partial charge in [-0.3, -0.25) is 9.59 Å².